The zero-order valence-electron chi connectivity index (χ0n) is 14.4. The summed E-state index contributed by atoms with van der Waals surface area (Å²) in [6, 6.07) is 6.46. The molecule has 23 heavy (non-hydrogen) atoms. The molecule has 0 bridgehead atoms. The molecule has 1 aromatic carbocycles. The van der Waals surface area contributed by atoms with E-state index >= 15 is 0 Å². The van der Waals surface area contributed by atoms with Gasteiger partial charge in [-0.25, -0.2) is 4.98 Å². The SMILES string of the molecule is CCCNc1ccc2c(c1)nc(CNCC1CCNCC1)n2C. The Morgan fingerprint density at radius 1 is 1.30 bits per heavy atom. The fraction of sp³-hybridized carbons (Fsp3) is 0.611. The van der Waals surface area contributed by atoms with Crippen molar-refractivity contribution in [2.75, 3.05) is 31.5 Å². The van der Waals surface area contributed by atoms with Crippen LogP contribution in [-0.4, -0.2) is 35.7 Å². The Balaban J connectivity index is 1.62. The highest BCUT2D eigenvalue weighted by atomic mass is 15.1. The van der Waals surface area contributed by atoms with E-state index in [4.69, 9.17) is 4.98 Å². The van der Waals surface area contributed by atoms with Gasteiger partial charge in [-0.05, 0) is 63.0 Å². The van der Waals surface area contributed by atoms with E-state index in [1.807, 2.05) is 0 Å². The number of anilines is 1. The molecule has 0 spiro atoms. The van der Waals surface area contributed by atoms with Crippen LogP contribution in [0, 0.1) is 5.92 Å². The lowest BCUT2D eigenvalue weighted by Crippen LogP contribution is -2.33. The molecule has 3 N–H and O–H groups in total. The van der Waals surface area contributed by atoms with Gasteiger partial charge in [-0.3, -0.25) is 0 Å². The molecule has 0 unspecified atom stereocenters. The van der Waals surface area contributed by atoms with Crippen LogP contribution in [-0.2, 0) is 13.6 Å². The zero-order valence-corrected chi connectivity index (χ0v) is 14.4. The molecule has 0 radical (unpaired) electrons. The van der Waals surface area contributed by atoms with Crippen molar-refractivity contribution in [1.29, 1.82) is 0 Å². The van der Waals surface area contributed by atoms with Crippen molar-refractivity contribution in [3.8, 4) is 0 Å². The molecule has 3 rings (SSSR count). The topological polar surface area (TPSA) is 53.9 Å². The van der Waals surface area contributed by atoms with E-state index in [1.165, 1.54) is 18.4 Å². The Labute approximate surface area is 138 Å². The molecule has 0 saturated carbocycles. The Bertz CT molecular complexity index is 628. The second-order valence-corrected chi connectivity index (χ2v) is 6.54. The van der Waals surface area contributed by atoms with Crippen molar-refractivity contribution >= 4 is 16.7 Å². The van der Waals surface area contributed by atoms with E-state index in [0.29, 0.717) is 0 Å². The van der Waals surface area contributed by atoms with Crippen LogP contribution in [0.3, 0.4) is 0 Å². The summed E-state index contributed by atoms with van der Waals surface area (Å²) >= 11 is 0. The van der Waals surface area contributed by atoms with Gasteiger partial charge in [-0.1, -0.05) is 6.92 Å². The maximum atomic E-state index is 4.81. The lowest BCUT2D eigenvalue weighted by Gasteiger charge is -2.22. The fourth-order valence-electron chi connectivity index (χ4n) is 3.26. The van der Waals surface area contributed by atoms with Crippen molar-refractivity contribution in [3.63, 3.8) is 0 Å². The van der Waals surface area contributed by atoms with Gasteiger partial charge in [0, 0.05) is 19.3 Å². The molecule has 5 heteroatoms. The number of fused-ring (bicyclic) bond motifs is 1. The van der Waals surface area contributed by atoms with E-state index < -0.39 is 0 Å². The Morgan fingerprint density at radius 2 is 2.13 bits per heavy atom. The van der Waals surface area contributed by atoms with Gasteiger partial charge in [0.15, 0.2) is 0 Å². The van der Waals surface area contributed by atoms with E-state index in [1.54, 1.807) is 0 Å². The van der Waals surface area contributed by atoms with Gasteiger partial charge in [0.05, 0.1) is 17.6 Å². The van der Waals surface area contributed by atoms with E-state index in [9.17, 15) is 0 Å². The van der Waals surface area contributed by atoms with Crippen LogP contribution in [0.2, 0.25) is 0 Å². The number of nitrogens with one attached hydrogen (secondary N) is 3. The number of aryl methyl sites for hydroxylation is 1. The highest BCUT2D eigenvalue weighted by molar-refractivity contribution is 5.80. The number of nitrogens with zero attached hydrogens (tertiary/aromatic N) is 2. The first kappa shape index (κ1) is 16.3. The summed E-state index contributed by atoms with van der Waals surface area (Å²) in [5.41, 5.74) is 3.43. The smallest absolute Gasteiger partial charge is 0.123 e. The average Bonchev–Trinajstić information content (AvgIpc) is 2.89. The van der Waals surface area contributed by atoms with E-state index in [2.05, 4.69) is 52.7 Å². The average molecular weight is 315 g/mol. The van der Waals surface area contributed by atoms with Crippen molar-refractivity contribution in [1.82, 2.24) is 20.2 Å². The normalized spacial score (nSPS) is 16.1. The van der Waals surface area contributed by atoms with Gasteiger partial charge in [0.2, 0.25) is 0 Å². The van der Waals surface area contributed by atoms with Crippen molar-refractivity contribution in [3.05, 3.63) is 24.0 Å². The minimum Gasteiger partial charge on any atom is -0.385 e. The molecule has 1 aliphatic rings. The largest absolute Gasteiger partial charge is 0.385 e. The minimum absolute atomic E-state index is 0.802. The van der Waals surface area contributed by atoms with Crippen molar-refractivity contribution in [2.45, 2.75) is 32.7 Å². The second kappa shape index (κ2) is 7.79. The second-order valence-electron chi connectivity index (χ2n) is 6.54. The number of imidazole rings is 1. The highest BCUT2D eigenvalue weighted by Gasteiger charge is 2.13. The summed E-state index contributed by atoms with van der Waals surface area (Å²) in [4.78, 5) is 4.81. The van der Waals surface area contributed by atoms with Crippen LogP contribution in [0.15, 0.2) is 18.2 Å². The van der Waals surface area contributed by atoms with Crippen molar-refractivity contribution < 1.29 is 0 Å². The summed E-state index contributed by atoms with van der Waals surface area (Å²) in [6.45, 7) is 7.43. The van der Waals surface area contributed by atoms with Crippen LogP contribution >= 0.6 is 0 Å². The lowest BCUT2D eigenvalue weighted by molar-refractivity contribution is 0.354. The van der Waals surface area contributed by atoms with Crippen LogP contribution in [0.1, 0.15) is 32.0 Å². The molecule has 1 saturated heterocycles. The first-order valence-corrected chi connectivity index (χ1v) is 8.88. The third kappa shape index (κ3) is 4.03. The predicted octanol–water partition coefficient (Wildman–Crippen LogP) is 2.48. The van der Waals surface area contributed by atoms with Gasteiger partial charge in [-0.2, -0.15) is 0 Å². The molecule has 126 valence electrons. The molecule has 1 aromatic heterocycles. The van der Waals surface area contributed by atoms with Crippen LogP contribution in [0.5, 0.6) is 0 Å². The summed E-state index contributed by atoms with van der Waals surface area (Å²) in [7, 11) is 2.11. The van der Waals surface area contributed by atoms with Crippen LogP contribution in [0.25, 0.3) is 11.0 Å². The molecule has 5 nitrogen and oxygen atoms in total. The first-order valence-electron chi connectivity index (χ1n) is 8.88. The summed E-state index contributed by atoms with van der Waals surface area (Å²) in [5.74, 6) is 1.91. The fourth-order valence-corrected chi connectivity index (χ4v) is 3.26. The molecular formula is C18H29N5. The van der Waals surface area contributed by atoms with E-state index in [0.717, 1.165) is 62.1 Å². The third-order valence-electron chi connectivity index (χ3n) is 4.73. The lowest BCUT2D eigenvalue weighted by atomic mass is 9.98. The van der Waals surface area contributed by atoms with Crippen molar-refractivity contribution in [2.24, 2.45) is 13.0 Å². The molecule has 0 atom stereocenters. The summed E-state index contributed by atoms with van der Waals surface area (Å²) in [6.07, 6.45) is 3.69. The van der Waals surface area contributed by atoms with Crippen LogP contribution < -0.4 is 16.0 Å². The van der Waals surface area contributed by atoms with Gasteiger partial charge < -0.3 is 20.5 Å². The number of hydrogen-bond acceptors (Lipinski definition) is 4. The summed E-state index contributed by atoms with van der Waals surface area (Å²) in [5, 5.41) is 10.4. The molecule has 1 aliphatic heterocycles. The Hall–Kier alpha value is -1.59. The predicted molar refractivity (Wildman–Crippen MR) is 96.8 cm³/mol. The maximum Gasteiger partial charge on any atom is 0.123 e. The molecule has 0 amide bonds. The van der Waals surface area contributed by atoms with Crippen LogP contribution in [0.4, 0.5) is 5.69 Å². The first-order chi connectivity index (χ1) is 11.3. The number of aromatic nitrogens is 2. The molecule has 1 fully saturated rings. The number of benzene rings is 1. The third-order valence-corrected chi connectivity index (χ3v) is 4.73. The number of hydrogen-bond donors (Lipinski definition) is 3. The Morgan fingerprint density at radius 3 is 2.91 bits per heavy atom. The molecule has 0 aliphatic carbocycles. The molecule has 2 aromatic rings. The quantitative estimate of drug-likeness (QED) is 0.735. The highest BCUT2D eigenvalue weighted by Crippen LogP contribution is 2.20. The molecule has 2 heterocycles. The van der Waals surface area contributed by atoms with Gasteiger partial charge in [-0.15, -0.1) is 0 Å². The number of piperidine rings is 1. The van der Waals surface area contributed by atoms with E-state index in [-0.39, 0.29) is 0 Å². The van der Waals surface area contributed by atoms with Gasteiger partial charge >= 0.3 is 0 Å². The standard InChI is InChI=1S/C18H29N5/c1-3-8-21-15-4-5-17-16(11-15)22-18(23(17)2)13-20-12-14-6-9-19-10-7-14/h4-5,11,14,19-21H,3,6-10,12-13H2,1-2H3. The molecular weight excluding hydrogens is 286 g/mol. The maximum absolute atomic E-state index is 4.81. The number of rotatable bonds is 7. The summed E-state index contributed by atoms with van der Waals surface area (Å²) < 4.78 is 2.20. The van der Waals surface area contributed by atoms with Gasteiger partial charge in [0.25, 0.3) is 0 Å². The monoisotopic (exact) mass is 315 g/mol. The zero-order chi connectivity index (χ0) is 16.1. The Kier molecular flexibility index (Phi) is 5.51. The minimum atomic E-state index is 0.802. The van der Waals surface area contributed by atoms with Gasteiger partial charge in [0.1, 0.15) is 5.82 Å².